The highest BCUT2D eigenvalue weighted by Crippen LogP contribution is 2.17. The van der Waals surface area contributed by atoms with Crippen LogP contribution in [0.25, 0.3) is 5.65 Å². The van der Waals surface area contributed by atoms with E-state index in [1.807, 2.05) is 32.0 Å². The minimum atomic E-state index is -0.651. The molecule has 0 aliphatic heterocycles. The van der Waals surface area contributed by atoms with Gasteiger partial charge in [0.1, 0.15) is 12.3 Å². The Kier molecular flexibility index (Phi) is 5.45. The van der Waals surface area contributed by atoms with E-state index in [9.17, 15) is 14.4 Å². The van der Waals surface area contributed by atoms with Crippen LogP contribution in [0.15, 0.2) is 77.7 Å². The molecule has 31 heavy (non-hydrogen) atoms. The molecule has 0 spiro atoms. The van der Waals surface area contributed by atoms with Crippen LogP contribution in [0.1, 0.15) is 43.1 Å². The molecule has 0 bridgehead atoms. The van der Waals surface area contributed by atoms with Crippen molar-refractivity contribution in [1.82, 2.24) is 9.38 Å². The van der Waals surface area contributed by atoms with Crippen molar-refractivity contribution in [2.75, 3.05) is 0 Å². The summed E-state index contributed by atoms with van der Waals surface area (Å²) >= 11 is 0. The van der Waals surface area contributed by atoms with E-state index >= 15 is 0 Å². The smallest absolute Gasteiger partial charge is 0.339 e. The molecule has 0 unspecified atom stereocenters. The van der Waals surface area contributed by atoms with Crippen molar-refractivity contribution in [3.63, 3.8) is 0 Å². The molecule has 0 aliphatic rings. The number of ketones is 1. The molecule has 4 rings (SSSR count). The molecule has 6 heteroatoms. The van der Waals surface area contributed by atoms with Crippen LogP contribution in [0.5, 0.6) is 0 Å². The summed E-state index contributed by atoms with van der Waals surface area (Å²) in [4.78, 5) is 42.4. The Hall–Kier alpha value is -4.06. The van der Waals surface area contributed by atoms with Gasteiger partial charge in [0.15, 0.2) is 5.78 Å². The summed E-state index contributed by atoms with van der Waals surface area (Å²) in [5.74, 6) is -0.910. The van der Waals surface area contributed by atoms with Crippen molar-refractivity contribution in [3.8, 4) is 0 Å². The molecule has 6 nitrogen and oxygen atoms in total. The van der Waals surface area contributed by atoms with Crippen LogP contribution >= 0.6 is 0 Å². The normalized spacial score (nSPS) is 10.8. The topological polar surface area (TPSA) is 77.7 Å². The summed E-state index contributed by atoms with van der Waals surface area (Å²) in [6.07, 6.45) is 1.70. The highest BCUT2D eigenvalue weighted by molar-refractivity contribution is 6.14. The predicted molar refractivity (Wildman–Crippen MR) is 116 cm³/mol. The Labute approximate surface area is 178 Å². The third-order valence-corrected chi connectivity index (χ3v) is 4.92. The van der Waals surface area contributed by atoms with Gasteiger partial charge in [0.25, 0.3) is 5.56 Å². The standard InChI is InChI=1S/C25H20N2O4/c1-16-7-10-18(11-8-16)24(29)20-5-3-4-6-21(20)25(30)31-15-19-13-23(28)27-14-17(2)9-12-22(27)26-19/h3-14H,15H2,1-2H3. The van der Waals surface area contributed by atoms with Gasteiger partial charge in [-0.25, -0.2) is 9.78 Å². The van der Waals surface area contributed by atoms with Crippen molar-refractivity contribution in [1.29, 1.82) is 0 Å². The van der Waals surface area contributed by atoms with E-state index in [-0.39, 0.29) is 29.1 Å². The Balaban J connectivity index is 1.57. The molecule has 2 heterocycles. The second kappa shape index (κ2) is 8.36. The molecule has 0 fully saturated rings. The van der Waals surface area contributed by atoms with E-state index in [0.29, 0.717) is 16.9 Å². The summed E-state index contributed by atoms with van der Waals surface area (Å²) in [5, 5.41) is 0. The maximum Gasteiger partial charge on any atom is 0.339 e. The number of carbonyl (C=O) groups excluding carboxylic acids is 2. The Morgan fingerprint density at radius 3 is 2.32 bits per heavy atom. The fourth-order valence-electron chi connectivity index (χ4n) is 3.27. The summed E-state index contributed by atoms with van der Waals surface area (Å²) in [7, 11) is 0. The number of nitrogens with zero attached hydrogens (tertiary/aromatic N) is 2. The average Bonchev–Trinajstić information content (AvgIpc) is 2.78. The number of benzene rings is 2. The molecule has 0 radical (unpaired) electrons. The van der Waals surface area contributed by atoms with Crippen LogP contribution < -0.4 is 5.56 Å². The van der Waals surface area contributed by atoms with Crippen molar-refractivity contribution in [2.45, 2.75) is 20.5 Å². The van der Waals surface area contributed by atoms with E-state index in [1.54, 1.807) is 48.7 Å². The lowest BCUT2D eigenvalue weighted by molar-refractivity contribution is 0.0465. The number of carbonyl (C=O) groups is 2. The van der Waals surface area contributed by atoms with Gasteiger partial charge in [-0.2, -0.15) is 0 Å². The third kappa shape index (κ3) is 4.28. The lowest BCUT2D eigenvalue weighted by atomic mass is 9.98. The molecule has 4 aromatic rings. The number of rotatable bonds is 5. The lowest BCUT2D eigenvalue weighted by Gasteiger charge is -2.10. The van der Waals surface area contributed by atoms with Gasteiger partial charge in [0.05, 0.1) is 11.3 Å². The zero-order chi connectivity index (χ0) is 22.0. The average molecular weight is 412 g/mol. The van der Waals surface area contributed by atoms with Gasteiger partial charge in [-0.1, -0.05) is 54.1 Å². The molecule has 2 aromatic heterocycles. The fraction of sp³-hybridized carbons (Fsp3) is 0.120. The zero-order valence-corrected chi connectivity index (χ0v) is 17.2. The SMILES string of the molecule is Cc1ccc(C(=O)c2ccccc2C(=O)OCc2cc(=O)n3cc(C)ccc3n2)cc1. The molecule has 154 valence electrons. The van der Waals surface area contributed by atoms with Crippen LogP contribution in [-0.2, 0) is 11.3 Å². The summed E-state index contributed by atoms with van der Waals surface area (Å²) in [6.45, 7) is 3.65. The number of hydrogen-bond donors (Lipinski definition) is 0. The summed E-state index contributed by atoms with van der Waals surface area (Å²) in [6, 6.07) is 18.6. The Morgan fingerprint density at radius 1 is 0.903 bits per heavy atom. The predicted octanol–water partition coefficient (Wildman–Crippen LogP) is 3.90. The van der Waals surface area contributed by atoms with Gasteiger partial charge in [-0.15, -0.1) is 0 Å². The lowest BCUT2D eigenvalue weighted by Crippen LogP contribution is -2.17. The van der Waals surface area contributed by atoms with E-state index in [0.717, 1.165) is 11.1 Å². The van der Waals surface area contributed by atoms with E-state index in [1.165, 1.54) is 10.5 Å². The molecule has 0 atom stereocenters. The number of aromatic nitrogens is 2. The van der Waals surface area contributed by atoms with Crippen LogP contribution in [0.3, 0.4) is 0 Å². The van der Waals surface area contributed by atoms with Gasteiger partial charge in [0.2, 0.25) is 0 Å². The van der Waals surface area contributed by atoms with E-state index in [2.05, 4.69) is 4.98 Å². The molecular weight excluding hydrogens is 392 g/mol. The first-order valence-electron chi connectivity index (χ1n) is 9.79. The highest BCUT2D eigenvalue weighted by Gasteiger charge is 2.19. The van der Waals surface area contributed by atoms with Crippen LogP contribution in [-0.4, -0.2) is 21.1 Å². The molecule has 0 N–H and O–H groups in total. The van der Waals surface area contributed by atoms with Gasteiger partial charge >= 0.3 is 5.97 Å². The van der Waals surface area contributed by atoms with Gasteiger partial charge in [-0.05, 0) is 31.5 Å². The van der Waals surface area contributed by atoms with Gasteiger partial charge < -0.3 is 4.74 Å². The molecule has 2 aromatic carbocycles. The molecular formula is C25H20N2O4. The second-order valence-electron chi connectivity index (χ2n) is 7.34. The first kappa shape index (κ1) is 20.2. The van der Waals surface area contributed by atoms with E-state index < -0.39 is 5.97 Å². The molecule has 0 saturated carbocycles. The minimum Gasteiger partial charge on any atom is -0.456 e. The number of hydrogen-bond acceptors (Lipinski definition) is 5. The number of esters is 1. The molecule has 0 amide bonds. The first-order valence-corrected chi connectivity index (χ1v) is 9.79. The second-order valence-corrected chi connectivity index (χ2v) is 7.34. The zero-order valence-electron chi connectivity index (χ0n) is 17.2. The summed E-state index contributed by atoms with van der Waals surface area (Å²) in [5.41, 5.74) is 3.45. The van der Waals surface area contributed by atoms with Crippen molar-refractivity contribution in [2.24, 2.45) is 0 Å². The Bertz CT molecular complexity index is 1350. The van der Waals surface area contributed by atoms with Crippen LogP contribution in [0.2, 0.25) is 0 Å². The number of ether oxygens (including phenoxy) is 1. The van der Waals surface area contributed by atoms with Crippen molar-refractivity contribution < 1.29 is 14.3 Å². The van der Waals surface area contributed by atoms with Crippen molar-refractivity contribution in [3.05, 3.63) is 117 Å². The number of fused-ring (bicyclic) bond motifs is 1. The largest absolute Gasteiger partial charge is 0.456 e. The van der Waals surface area contributed by atoms with Gasteiger partial charge in [-0.3, -0.25) is 14.0 Å². The monoisotopic (exact) mass is 412 g/mol. The Morgan fingerprint density at radius 2 is 1.58 bits per heavy atom. The van der Waals surface area contributed by atoms with Crippen LogP contribution in [0.4, 0.5) is 0 Å². The van der Waals surface area contributed by atoms with Crippen molar-refractivity contribution >= 4 is 17.4 Å². The number of aryl methyl sites for hydroxylation is 2. The first-order chi connectivity index (χ1) is 14.9. The quantitative estimate of drug-likeness (QED) is 0.367. The summed E-state index contributed by atoms with van der Waals surface area (Å²) < 4.78 is 6.83. The fourth-order valence-corrected chi connectivity index (χ4v) is 3.27. The third-order valence-electron chi connectivity index (χ3n) is 4.92. The minimum absolute atomic E-state index is 0.168. The van der Waals surface area contributed by atoms with Crippen LogP contribution in [0, 0.1) is 13.8 Å². The molecule has 0 saturated heterocycles. The number of pyridine rings is 1. The van der Waals surface area contributed by atoms with E-state index in [4.69, 9.17) is 4.74 Å². The maximum absolute atomic E-state index is 12.9. The molecule has 0 aliphatic carbocycles. The maximum atomic E-state index is 12.9. The highest BCUT2D eigenvalue weighted by atomic mass is 16.5. The van der Waals surface area contributed by atoms with Gasteiger partial charge in [0, 0.05) is 23.4 Å².